The minimum atomic E-state index is -0.256. The number of nitrogens with zero attached hydrogens (tertiary/aromatic N) is 1. The second-order valence-electron chi connectivity index (χ2n) is 5.78. The summed E-state index contributed by atoms with van der Waals surface area (Å²) in [5.41, 5.74) is 5.38. The zero-order valence-corrected chi connectivity index (χ0v) is 11.4. The smallest absolute Gasteiger partial charge is 0.318 e. The molecule has 17 heavy (non-hydrogen) atoms. The van der Waals surface area contributed by atoms with E-state index >= 15 is 0 Å². The van der Waals surface area contributed by atoms with Crippen LogP contribution in [0, 0.1) is 0 Å². The zero-order valence-electron chi connectivity index (χ0n) is 11.4. The summed E-state index contributed by atoms with van der Waals surface area (Å²) in [6.45, 7) is 7.73. The molecule has 3 N–H and O–H groups in total. The molecule has 0 bridgehead atoms. The number of urea groups is 1. The number of carbonyl (C=O) groups excluding carboxylic acids is 1. The molecule has 0 atom stereocenters. The van der Waals surface area contributed by atoms with Crippen molar-refractivity contribution >= 4 is 6.03 Å². The number of hydrogen-bond donors (Lipinski definition) is 2. The molecule has 1 fully saturated rings. The van der Waals surface area contributed by atoms with Crippen LogP contribution < -0.4 is 11.1 Å². The third-order valence-corrected chi connectivity index (χ3v) is 3.30. The van der Waals surface area contributed by atoms with Crippen molar-refractivity contribution in [1.29, 1.82) is 0 Å². The number of hydrogen-bond acceptors (Lipinski definition) is 3. The van der Waals surface area contributed by atoms with Gasteiger partial charge in [-0.25, -0.2) is 4.79 Å². The topological polar surface area (TPSA) is 67.6 Å². The van der Waals surface area contributed by atoms with Gasteiger partial charge in [-0.05, 0) is 33.6 Å². The minimum absolute atomic E-state index is 0.0650. The van der Waals surface area contributed by atoms with Crippen LogP contribution in [0.2, 0.25) is 0 Å². The lowest BCUT2D eigenvalue weighted by Crippen LogP contribution is -2.61. The molecule has 100 valence electrons. The molecule has 0 radical (unpaired) electrons. The molecule has 0 aromatic heterocycles. The number of likely N-dealkylation sites (N-methyl/N-ethyl adjacent to an activating group) is 1. The molecular weight excluding hydrogens is 218 g/mol. The predicted molar refractivity (Wildman–Crippen MR) is 67.9 cm³/mol. The number of nitrogens with two attached hydrogens (primary N) is 1. The van der Waals surface area contributed by atoms with E-state index in [1.165, 1.54) is 0 Å². The van der Waals surface area contributed by atoms with Gasteiger partial charge in [0.1, 0.15) is 0 Å². The fourth-order valence-corrected chi connectivity index (χ4v) is 2.05. The molecule has 0 saturated carbocycles. The average Bonchev–Trinajstić information content (AvgIpc) is 2.26. The summed E-state index contributed by atoms with van der Waals surface area (Å²) in [6, 6.07) is -0.0650. The number of amides is 2. The molecule has 1 saturated heterocycles. The second-order valence-corrected chi connectivity index (χ2v) is 5.78. The number of nitrogens with one attached hydrogen (secondary N) is 1. The minimum Gasteiger partial charge on any atom is -0.381 e. The molecule has 0 aromatic rings. The summed E-state index contributed by atoms with van der Waals surface area (Å²) in [6.07, 6.45) is 1.61. The molecular formula is C12H25N3O2. The van der Waals surface area contributed by atoms with Crippen molar-refractivity contribution in [3.8, 4) is 0 Å². The maximum atomic E-state index is 12.1. The van der Waals surface area contributed by atoms with E-state index in [4.69, 9.17) is 10.5 Å². The van der Waals surface area contributed by atoms with Gasteiger partial charge in [0.05, 0.1) is 5.54 Å². The van der Waals surface area contributed by atoms with Crippen LogP contribution in [0.4, 0.5) is 4.79 Å². The lowest BCUT2D eigenvalue weighted by Gasteiger charge is -2.44. The van der Waals surface area contributed by atoms with Gasteiger partial charge in [0.2, 0.25) is 0 Å². The van der Waals surface area contributed by atoms with Gasteiger partial charge >= 0.3 is 6.03 Å². The van der Waals surface area contributed by atoms with Gasteiger partial charge in [0.15, 0.2) is 0 Å². The first-order valence-electron chi connectivity index (χ1n) is 6.14. The Morgan fingerprint density at radius 3 is 2.35 bits per heavy atom. The molecule has 0 aliphatic carbocycles. The van der Waals surface area contributed by atoms with Crippen molar-refractivity contribution in [2.24, 2.45) is 5.73 Å². The predicted octanol–water partition coefficient (Wildman–Crippen LogP) is 0.934. The lowest BCUT2D eigenvalue weighted by molar-refractivity contribution is 0.00189. The third kappa shape index (κ3) is 3.57. The molecule has 2 amide bonds. The van der Waals surface area contributed by atoms with Crippen molar-refractivity contribution in [1.82, 2.24) is 10.2 Å². The maximum absolute atomic E-state index is 12.1. The Hall–Kier alpha value is -0.810. The Balaban J connectivity index is 2.71. The summed E-state index contributed by atoms with van der Waals surface area (Å²) in [4.78, 5) is 13.9. The van der Waals surface area contributed by atoms with Crippen LogP contribution in [-0.2, 0) is 4.74 Å². The Bertz CT molecular complexity index is 267. The Morgan fingerprint density at radius 2 is 1.94 bits per heavy atom. The van der Waals surface area contributed by atoms with Crippen molar-refractivity contribution in [2.75, 3.05) is 26.8 Å². The van der Waals surface area contributed by atoms with Crippen LogP contribution in [0.15, 0.2) is 0 Å². The van der Waals surface area contributed by atoms with Gasteiger partial charge in [-0.1, -0.05) is 0 Å². The maximum Gasteiger partial charge on any atom is 0.318 e. The summed E-state index contributed by atoms with van der Waals surface area (Å²) >= 11 is 0. The SMILES string of the molecule is CN(C(=O)NC(C)(C)C)C1(CN)CCOCC1. The first-order chi connectivity index (χ1) is 7.81. The first kappa shape index (κ1) is 14.3. The van der Waals surface area contributed by atoms with Crippen molar-refractivity contribution < 1.29 is 9.53 Å². The molecule has 0 aromatic carbocycles. The second kappa shape index (κ2) is 5.23. The molecule has 1 aliphatic rings. The largest absolute Gasteiger partial charge is 0.381 e. The molecule has 5 heteroatoms. The van der Waals surface area contributed by atoms with Crippen LogP contribution in [0.25, 0.3) is 0 Å². The molecule has 1 aliphatic heterocycles. The fraction of sp³-hybridized carbons (Fsp3) is 0.917. The van der Waals surface area contributed by atoms with E-state index < -0.39 is 0 Å². The third-order valence-electron chi connectivity index (χ3n) is 3.30. The first-order valence-corrected chi connectivity index (χ1v) is 6.14. The molecule has 0 spiro atoms. The van der Waals surface area contributed by atoms with E-state index in [1.807, 2.05) is 27.8 Å². The van der Waals surface area contributed by atoms with Crippen molar-refractivity contribution in [3.05, 3.63) is 0 Å². The normalized spacial score (nSPS) is 19.8. The van der Waals surface area contributed by atoms with E-state index in [1.54, 1.807) is 4.90 Å². The van der Waals surface area contributed by atoms with Gasteiger partial charge in [-0.15, -0.1) is 0 Å². The molecule has 1 heterocycles. The summed E-state index contributed by atoms with van der Waals surface area (Å²) in [5, 5.41) is 2.97. The fourth-order valence-electron chi connectivity index (χ4n) is 2.05. The zero-order chi connectivity index (χ0) is 13.1. The van der Waals surface area contributed by atoms with E-state index in [9.17, 15) is 4.79 Å². The van der Waals surface area contributed by atoms with Gasteiger partial charge < -0.3 is 20.7 Å². The van der Waals surface area contributed by atoms with Crippen LogP contribution in [0.5, 0.6) is 0 Å². The number of rotatable bonds is 2. The summed E-state index contributed by atoms with van der Waals surface area (Å²) in [7, 11) is 1.82. The molecule has 5 nitrogen and oxygen atoms in total. The van der Waals surface area contributed by atoms with Gasteiger partial charge in [-0.3, -0.25) is 0 Å². The Kier molecular flexibility index (Phi) is 4.38. The van der Waals surface area contributed by atoms with Crippen LogP contribution in [-0.4, -0.2) is 48.8 Å². The highest BCUT2D eigenvalue weighted by Gasteiger charge is 2.38. The molecule has 1 rings (SSSR count). The lowest BCUT2D eigenvalue weighted by atomic mass is 9.88. The van der Waals surface area contributed by atoms with Gasteiger partial charge in [0.25, 0.3) is 0 Å². The highest BCUT2D eigenvalue weighted by molar-refractivity contribution is 5.75. The van der Waals surface area contributed by atoms with E-state index in [0.717, 1.165) is 12.8 Å². The quantitative estimate of drug-likeness (QED) is 0.758. The monoisotopic (exact) mass is 243 g/mol. The van der Waals surface area contributed by atoms with Gasteiger partial charge in [0, 0.05) is 32.3 Å². The van der Waals surface area contributed by atoms with E-state index in [-0.39, 0.29) is 17.1 Å². The Labute approximate surface area is 104 Å². The summed E-state index contributed by atoms with van der Waals surface area (Å²) in [5.74, 6) is 0. The number of carbonyl (C=O) groups is 1. The highest BCUT2D eigenvalue weighted by Crippen LogP contribution is 2.26. The molecule has 0 unspecified atom stereocenters. The number of ether oxygens (including phenoxy) is 1. The average molecular weight is 243 g/mol. The van der Waals surface area contributed by atoms with Crippen molar-refractivity contribution in [3.63, 3.8) is 0 Å². The van der Waals surface area contributed by atoms with Crippen LogP contribution in [0.1, 0.15) is 33.6 Å². The standard InChI is InChI=1S/C12H25N3O2/c1-11(2,3)14-10(16)15(4)12(9-13)5-7-17-8-6-12/h5-9,13H2,1-4H3,(H,14,16). The van der Waals surface area contributed by atoms with Crippen molar-refractivity contribution in [2.45, 2.75) is 44.7 Å². The summed E-state index contributed by atoms with van der Waals surface area (Å²) < 4.78 is 5.34. The van der Waals surface area contributed by atoms with Gasteiger partial charge in [-0.2, -0.15) is 0 Å². The van der Waals surface area contributed by atoms with E-state index in [0.29, 0.717) is 19.8 Å². The Morgan fingerprint density at radius 1 is 1.41 bits per heavy atom. The highest BCUT2D eigenvalue weighted by atomic mass is 16.5. The van der Waals surface area contributed by atoms with E-state index in [2.05, 4.69) is 5.32 Å². The van der Waals surface area contributed by atoms with Crippen LogP contribution in [0.3, 0.4) is 0 Å². The van der Waals surface area contributed by atoms with Crippen LogP contribution >= 0.6 is 0 Å².